The van der Waals surface area contributed by atoms with E-state index in [4.69, 9.17) is 0 Å². The van der Waals surface area contributed by atoms with Crippen LogP contribution in [0.1, 0.15) is 28.9 Å². The number of nitro groups is 1. The van der Waals surface area contributed by atoms with Gasteiger partial charge in [0.25, 0.3) is 5.69 Å². The molecule has 128 valence electrons. The van der Waals surface area contributed by atoms with Crippen LogP contribution in [0.5, 0.6) is 0 Å². The Bertz CT molecular complexity index is 925. The zero-order chi connectivity index (χ0) is 18.0. The molecule has 0 spiro atoms. The van der Waals surface area contributed by atoms with Crippen LogP contribution in [0, 0.1) is 24.0 Å². The van der Waals surface area contributed by atoms with Crippen LogP contribution in [0.4, 0.5) is 5.69 Å². The molecule has 0 saturated carbocycles. The Kier molecular flexibility index (Phi) is 4.80. The molecule has 1 heterocycles. The van der Waals surface area contributed by atoms with Gasteiger partial charge in [-0.1, -0.05) is 41.6 Å². The van der Waals surface area contributed by atoms with Gasteiger partial charge in [0.2, 0.25) is 5.16 Å². The maximum absolute atomic E-state index is 11.0. The number of benzene rings is 2. The third-order valence-corrected chi connectivity index (χ3v) is 4.95. The first-order valence-corrected chi connectivity index (χ1v) is 8.60. The lowest BCUT2D eigenvalue weighted by atomic mass is 10.1. The van der Waals surface area contributed by atoms with E-state index < -0.39 is 0 Å². The van der Waals surface area contributed by atoms with Crippen LogP contribution in [0.15, 0.2) is 47.6 Å². The minimum atomic E-state index is -0.388. The van der Waals surface area contributed by atoms with Gasteiger partial charge in [0.05, 0.1) is 10.6 Å². The van der Waals surface area contributed by atoms with E-state index in [1.807, 2.05) is 39.0 Å². The van der Waals surface area contributed by atoms with Crippen molar-refractivity contribution in [3.63, 3.8) is 0 Å². The summed E-state index contributed by atoms with van der Waals surface area (Å²) in [6.45, 7) is 6.03. The van der Waals surface area contributed by atoms with E-state index in [1.54, 1.807) is 16.8 Å². The number of tetrazole rings is 1. The lowest BCUT2D eigenvalue weighted by Crippen LogP contribution is -2.03. The molecule has 0 saturated heterocycles. The Hall–Kier alpha value is -2.74. The second-order valence-corrected chi connectivity index (χ2v) is 7.08. The van der Waals surface area contributed by atoms with E-state index in [1.165, 1.54) is 23.4 Å². The minimum absolute atomic E-state index is 0.0320. The number of nitrogens with zero attached hydrogens (tertiary/aromatic N) is 5. The molecule has 0 unspecified atom stereocenters. The van der Waals surface area contributed by atoms with Gasteiger partial charge in [0, 0.05) is 17.4 Å². The van der Waals surface area contributed by atoms with Crippen LogP contribution >= 0.6 is 11.8 Å². The second-order valence-electron chi connectivity index (χ2n) is 5.78. The fraction of sp³-hybridized carbons (Fsp3) is 0.235. The molecule has 0 N–H and O–H groups in total. The van der Waals surface area contributed by atoms with E-state index in [-0.39, 0.29) is 15.9 Å². The van der Waals surface area contributed by atoms with E-state index in [9.17, 15) is 10.1 Å². The predicted molar refractivity (Wildman–Crippen MR) is 96.0 cm³/mol. The monoisotopic (exact) mass is 355 g/mol. The summed E-state index contributed by atoms with van der Waals surface area (Å²) in [6.07, 6.45) is 0. The van der Waals surface area contributed by atoms with Crippen LogP contribution in [0.25, 0.3) is 5.69 Å². The zero-order valence-corrected chi connectivity index (χ0v) is 14.9. The summed E-state index contributed by atoms with van der Waals surface area (Å²) in [5.74, 6) is 0. The number of hydrogen-bond acceptors (Lipinski definition) is 6. The highest BCUT2D eigenvalue weighted by atomic mass is 32.2. The van der Waals surface area contributed by atoms with Gasteiger partial charge >= 0.3 is 0 Å². The molecule has 0 radical (unpaired) electrons. The van der Waals surface area contributed by atoms with Crippen molar-refractivity contribution >= 4 is 17.4 Å². The van der Waals surface area contributed by atoms with Gasteiger partial charge < -0.3 is 0 Å². The molecule has 0 aliphatic heterocycles. The first-order valence-electron chi connectivity index (χ1n) is 7.72. The Labute approximate surface area is 149 Å². The fourth-order valence-electron chi connectivity index (χ4n) is 2.56. The third kappa shape index (κ3) is 3.69. The highest BCUT2D eigenvalue weighted by molar-refractivity contribution is 7.99. The number of non-ortho nitro benzene ring substituents is 1. The van der Waals surface area contributed by atoms with Crippen molar-refractivity contribution in [2.24, 2.45) is 0 Å². The topological polar surface area (TPSA) is 86.7 Å². The van der Waals surface area contributed by atoms with Gasteiger partial charge in [-0.05, 0) is 48.4 Å². The molecule has 7 nitrogen and oxygen atoms in total. The van der Waals surface area contributed by atoms with Gasteiger partial charge in [0.1, 0.15) is 0 Å². The molecular weight excluding hydrogens is 338 g/mol. The average molecular weight is 355 g/mol. The molecule has 0 aliphatic carbocycles. The molecule has 1 atom stereocenters. The molecule has 3 aromatic rings. The van der Waals surface area contributed by atoms with Crippen molar-refractivity contribution in [1.82, 2.24) is 20.2 Å². The van der Waals surface area contributed by atoms with Crippen molar-refractivity contribution in [2.45, 2.75) is 31.2 Å². The maximum atomic E-state index is 11.0. The first kappa shape index (κ1) is 17.1. The van der Waals surface area contributed by atoms with Crippen LogP contribution in [-0.2, 0) is 0 Å². The summed E-state index contributed by atoms with van der Waals surface area (Å²) in [5, 5.41) is 23.6. The van der Waals surface area contributed by atoms with Gasteiger partial charge in [-0.3, -0.25) is 10.1 Å². The molecule has 0 fully saturated rings. The van der Waals surface area contributed by atoms with Crippen molar-refractivity contribution in [3.8, 4) is 5.69 Å². The predicted octanol–water partition coefficient (Wildman–Crippen LogP) is 4.04. The number of nitro benzene ring substituents is 1. The zero-order valence-electron chi connectivity index (χ0n) is 14.1. The number of aromatic nitrogens is 4. The molecule has 1 aromatic heterocycles. The molecule has 2 aromatic carbocycles. The standard InChI is InChI=1S/C17H17N5O2S/c1-11-7-8-16(12(2)9-11)21-17(18-19-20-21)25-13(3)14-5-4-6-15(10-14)22(23)24/h4-10,13H,1-3H3/t13-/m1/s1. The van der Waals surface area contributed by atoms with Gasteiger partial charge in [-0.15, -0.1) is 5.10 Å². The number of aryl methyl sites for hydroxylation is 2. The summed E-state index contributed by atoms with van der Waals surface area (Å²) < 4.78 is 1.70. The van der Waals surface area contributed by atoms with E-state index in [0.29, 0.717) is 5.16 Å². The van der Waals surface area contributed by atoms with Gasteiger partial charge in [0.15, 0.2) is 0 Å². The number of rotatable bonds is 5. The molecule has 0 aliphatic rings. The summed E-state index contributed by atoms with van der Waals surface area (Å²) in [4.78, 5) is 10.6. The Balaban J connectivity index is 1.88. The van der Waals surface area contributed by atoms with Crippen molar-refractivity contribution in [1.29, 1.82) is 0 Å². The second kappa shape index (κ2) is 7.02. The molecule has 0 amide bonds. The summed E-state index contributed by atoms with van der Waals surface area (Å²) in [6, 6.07) is 12.7. The Morgan fingerprint density at radius 1 is 1.20 bits per heavy atom. The van der Waals surface area contributed by atoms with Crippen molar-refractivity contribution in [3.05, 3.63) is 69.3 Å². The molecule has 0 bridgehead atoms. The average Bonchev–Trinajstić information content (AvgIpc) is 3.02. The number of thioether (sulfide) groups is 1. The quantitative estimate of drug-likeness (QED) is 0.390. The lowest BCUT2D eigenvalue weighted by Gasteiger charge is -2.12. The maximum Gasteiger partial charge on any atom is 0.269 e. The van der Waals surface area contributed by atoms with Crippen LogP contribution < -0.4 is 0 Å². The normalized spacial score (nSPS) is 12.1. The fourth-order valence-corrected chi connectivity index (χ4v) is 3.48. The largest absolute Gasteiger partial charge is 0.269 e. The van der Waals surface area contributed by atoms with E-state index >= 15 is 0 Å². The Morgan fingerprint density at radius 2 is 2.00 bits per heavy atom. The van der Waals surface area contributed by atoms with Gasteiger partial charge in [-0.25, -0.2) is 0 Å². The van der Waals surface area contributed by atoms with Crippen LogP contribution in [-0.4, -0.2) is 25.1 Å². The third-order valence-electron chi connectivity index (χ3n) is 3.85. The minimum Gasteiger partial charge on any atom is -0.258 e. The molecule has 3 rings (SSSR count). The van der Waals surface area contributed by atoms with E-state index in [2.05, 4.69) is 21.6 Å². The number of hydrogen-bond donors (Lipinski definition) is 0. The molecular formula is C17H17N5O2S. The van der Waals surface area contributed by atoms with Crippen LogP contribution in [0.3, 0.4) is 0 Å². The summed E-state index contributed by atoms with van der Waals surface area (Å²) in [7, 11) is 0. The SMILES string of the molecule is Cc1ccc(-n2nnnc2S[C@H](C)c2cccc([N+](=O)[O-])c2)c(C)c1. The highest BCUT2D eigenvalue weighted by Gasteiger charge is 2.17. The Morgan fingerprint density at radius 3 is 2.72 bits per heavy atom. The first-order chi connectivity index (χ1) is 12.0. The smallest absolute Gasteiger partial charge is 0.258 e. The summed E-state index contributed by atoms with van der Waals surface area (Å²) >= 11 is 1.46. The molecule has 8 heteroatoms. The van der Waals surface area contributed by atoms with E-state index in [0.717, 1.165) is 16.8 Å². The summed E-state index contributed by atoms with van der Waals surface area (Å²) in [5.41, 5.74) is 4.11. The highest BCUT2D eigenvalue weighted by Crippen LogP contribution is 2.35. The van der Waals surface area contributed by atoms with Crippen LogP contribution in [0.2, 0.25) is 0 Å². The molecule has 25 heavy (non-hydrogen) atoms. The van der Waals surface area contributed by atoms with Crippen molar-refractivity contribution in [2.75, 3.05) is 0 Å². The lowest BCUT2D eigenvalue weighted by molar-refractivity contribution is -0.384. The van der Waals surface area contributed by atoms with Gasteiger partial charge in [-0.2, -0.15) is 4.68 Å². The van der Waals surface area contributed by atoms with Crippen molar-refractivity contribution < 1.29 is 4.92 Å².